The Bertz CT molecular complexity index is 114. The molecule has 10 heavy (non-hydrogen) atoms. The van der Waals surface area contributed by atoms with Crippen LogP contribution in [0.3, 0.4) is 0 Å². The average Bonchev–Trinajstić information content (AvgIpc) is 1.87. The van der Waals surface area contributed by atoms with Crippen molar-refractivity contribution >= 4 is 17.4 Å². The summed E-state index contributed by atoms with van der Waals surface area (Å²) in [6, 6.07) is 0. The lowest BCUT2D eigenvalue weighted by Gasteiger charge is -2.00. The van der Waals surface area contributed by atoms with Gasteiger partial charge < -0.3 is 0 Å². The van der Waals surface area contributed by atoms with Gasteiger partial charge in [0.15, 0.2) is 0 Å². The zero-order valence-electron chi connectivity index (χ0n) is 6.76. The Hall–Kier alpha value is -0.200. The van der Waals surface area contributed by atoms with Gasteiger partial charge in [0.25, 0.3) is 0 Å². The normalized spacial score (nSPS) is 9.50. The molecule has 0 amide bonds. The fourth-order valence-corrected chi connectivity index (χ4v) is 0.880. The Balaban J connectivity index is 2.98. The zero-order valence-corrected chi connectivity index (χ0v) is 7.58. The summed E-state index contributed by atoms with van der Waals surface area (Å²) < 4.78 is 0. The van der Waals surface area contributed by atoms with Crippen LogP contribution in [0.2, 0.25) is 0 Å². The van der Waals surface area contributed by atoms with Gasteiger partial charge in [-0.1, -0.05) is 26.7 Å². The van der Waals surface area contributed by atoms with Crippen molar-refractivity contribution in [1.82, 2.24) is 0 Å². The third-order valence-corrected chi connectivity index (χ3v) is 1.50. The Morgan fingerprint density at radius 2 is 2.10 bits per heavy atom. The van der Waals surface area contributed by atoms with Crippen molar-refractivity contribution < 1.29 is 0 Å². The summed E-state index contributed by atoms with van der Waals surface area (Å²) >= 11 is 4.44. The minimum Gasteiger partial charge on any atom is -0.233 e. The maximum atomic E-state index is 4.44. The van der Waals surface area contributed by atoms with Crippen LogP contribution in [0, 0.1) is 5.92 Å². The van der Waals surface area contributed by atoms with Gasteiger partial charge in [-0.3, -0.25) is 0 Å². The molecule has 0 aromatic rings. The average molecular weight is 157 g/mol. The topological polar surface area (TPSA) is 12.4 Å². The van der Waals surface area contributed by atoms with E-state index in [1.807, 2.05) is 0 Å². The van der Waals surface area contributed by atoms with E-state index in [1.54, 1.807) is 0 Å². The van der Waals surface area contributed by atoms with Crippen molar-refractivity contribution in [3.05, 3.63) is 0 Å². The molecule has 0 aromatic heterocycles. The summed E-state index contributed by atoms with van der Waals surface area (Å²) in [6.07, 6.45) is 3.72. The van der Waals surface area contributed by atoms with E-state index in [0.29, 0.717) is 0 Å². The molecule has 0 radical (unpaired) electrons. The molecule has 0 spiro atoms. The molecule has 0 heterocycles. The van der Waals surface area contributed by atoms with Crippen molar-refractivity contribution in [2.75, 3.05) is 6.54 Å². The number of unbranched alkanes of at least 4 members (excludes halogenated alkanes) is 1. The van der Waals surface area contributed by atoms with Gasteiger partial charge in [-0.15, -0.1) is 0 Å². The standard InChI is InChI=1S/C8H15NS/c1-8(2)5-3-4-6-9-7-10/h8H,3-6H2,1-2H3. The molecule has 0 unspecified atom stereocenters. The maximum Gasteiger partial charge on any atom is 0.0584 e. The lowest BCUT2D eigenvalue weighted by Crippen LogP contribution is -1.88. The molecule has 0 aliphatic heterocycles. The Labute approximate surface area is 68.5 Å². The van der Waals surface area contributed by atoms with Crippen LogP contribution in [-0.4, -0.2) is 11.7 Å². The van der Waals surface area contributed by atoms with Gasteiger partial charge in [-0.25, -0.2) is 4.99 Å². The van der Waals surface area contributed by atoms with Gasteiger partial charge in [-0.05, 0) is 24.6 Å². The minimum atomic E-state index is 0.816. The number of hydrogen-bond donors (Lipinski definition) is 0. The zero-order chi connectivity index (χ0) is 7.82. The molecule has 0 aromatic carbocycles. The molecule has 0 aliphatic rings. The fourth-order valence-electron chi connectivity index (χ4n) is 0.789. The number of thiocarbonyl (C=S) groups is 1. The predicted molar refractivity (Wildman–Crippen MR) is 48.6 cm³/mol. The van der Waals surface area contributed by atoms with Crippen LogP contribution in [0.5, 0.6) is 0 Å². The summed E-state index contributed by atoms with van der Waals surface area (Å²) in [5, 5.41) is 2.36. The Morgan fingerprint density at radius 3 is 2.60 bits per heavy atom. The molecule has 2 heteroatoms. The quantitative estimate of drug-likeness (QED) is 0.339. The molecule has 1 nitrogen and oxygen atoms in total. The number of isothiocyanates is 1. The smallest absolute Gasteiger partial charge is 0.0584 e. The van der Waals surface area contributed by atoms with E-state index in [0.717, 1.165) is 18.9 Å². The molecular weight excluding hydrogens is 142 g/mol. The van der Waals surface area contributed by atoms with Crippen molar-refractivity contribution in [3.8, 4) is 0 Å². The first kappa shape index (κ1) is 9.80. The summed E-state index contributed by atoms with van der Waals surface area (Å²) in [6.45, 7) is 5.33. The second-order valence-corrected chi connectivity index (χ2v) is 3.05. The third kappa shape index (κ3) is 7.80. The van der Waals surface area contributed by atoms with Crippen LogP contribution in [0.4, 0.5) is 0 Å². The first-order valence-corrected chi connectivity index (χ1v) is 4.22. The first-order chi connectivity index (χ1) is 4.77. The van der Waals surface area contributed by atoms with Gasteiger partial charge >= 0.3 is 0 Å². The van der Waals surface area contributed by atoms with Crippen LogP contribution in [0.15, 0.2) is 4.99 Å². The van der Waals surface area contributed by atoms with E-state index in [2.05, 4.69) is 36.2 Å². The SMILES string of the molecule is CC(C)CCCCN=C=S. The van der Waals surface area contributed by atoms with E-state index in [1.165, 1.54) is 12.8 Å². The van der Waals surface area contributed by atoms with Crippen LogP contribution in [0.25, 0.3) is 0 Å². The first-order valence-electron chi connectivity index (χ1n) is 3.81. The van der Waals surface area contributed by atoms with Crippen LogP contribution in [-0.2, 0) is 0 Å². The highest BCUT2D eigenvalue weighted by molar-refractivity contribution is 7.78. The largest absolute Gasteiger partial charge is 0.233 e. The van der Waals surface area contributed by atoms with Crippen LogP contribution >= 0.6 is 12.2 Å². The third-order valence-electron chi connectivity index (χ3n) is 1.37. The molecule has 0 atom stereocenters. The van der Waals surface area contributed by atoms with E-state index < -0.39 is 0 Å². The van der Waals surface area contributed by atoms with Gasteiger partial charge in [0, 0.05) is 6.54 Å². The highest BCUT2D eigenvalue weighted by Crippen LogP contribution is 2.05. The number of aliphatic imine (C=N–C) groups is 1. The van der Waals surface area contributed by atoms with Crippen molar-refractivity contribution in [1.29, 1.82) is 0 Å². The second kappa shape index (κ2) is 6.91. The summed E-state index contributed by atoms with van der Waals surface area (Å²) in [7, 11) is 0. The number of nitrogens with zero attached hydrogens (tertiary/aromatic N) is 1. The van der Waals surface area contributed by atoms with E-state index in [-0.39, 0.29) is 0 Å². The molecule has 0 fully saturated rings. The molecule has 0 N–H and O–H groups in total. The predicted octanol–water partition coefficient (Wildman–Crippen LogP) is 2.92. The maximum absolute atomic E-state index is 4.44. The lowest BCUT2D eigenvalue weighted by molar-refractivity contribution is 0.542. The van der Waals surface area contributed by atoms with Gasteiger partial charge in [0.2, 0.25) is 0 Å². The van der Waals surface area contributed by atoms with Crippen molar-refractivity contribution in [3.63, 3.8) is 0 Å². The molecule has 0 aliphatic carbocycles. The molecule has 0 rings (SSSR count). The lowest BCUT2D eigenvalue weighted by atomic mass is 10.1. The number of rotatable bonds is 5. The summed E-state index contributed by atoms with van der Waals surface area (Å²) in [5.74, 6) is 0.816. The van der Waals surface area contributed by atoms with Gasteiger partial charge in [-0.2, -0.15) is 0 Å². The second-order valence-electron chi connectivity index (χ2n) is 2.86. The summed E-state index contributed by atoms with van der Waals surface area (Å²) in [4.78, 5) is 3.83. The highest BCUT2D eigenvalue weighted by Gasteiger charge is 1.91. The fraction of sp³-hybridized carbons (Fsp3) is 0.875. The molecule has 0 saturated carbocycles. The molecule has 0 saturated heterocycles. The van der Waals surface area contributed by atoms with E-state index >= 15 is 0 Å². The van der Waals surface area contributed by atoms with Gasteiger partial charge in [0.05, 0.1) is 5.16 Å². The summed E-state index contributed by atoms with van der Waals surface area (Å²) in [5.41, 5.74) is 0. The van der Waals surface area contributed by atoms with Crippen LogP contribution in [0.1, 0.15) is 33.1 Å². The Morgan fingerprint density at radius 1 is 1.40 bits per heavy atom. The highest BCUT2D eigenvalue weighted by atomic mass is 32.1. The molecular formula is C8H15NS. The van der Waals surface area contributed by atoms with Crippen LogP contribution < -0.4 is 0 Å². The number of hydrogen-bond acceptors (Lipinski definition) is 2. The Kier molecular flexibility index (Phi) is 6.78. The van der Waals surface area contributed by atoms with E-state index in [9.17, 15) is 0 Å². The minimum absolute atomic E-state index is 0.816. The van der Waals surface area contributed by atoms with E-state index in [4.69, 9.17) is 0 Å². The molecule has 0 bridgehead atoms. The van der Waals surface area contributed by atoms with Gasteiger partial charge in [0.1, 0.15) is 0 Å². The van der Waals surface area contributed by atoms with Crippen molar-refractivity contribution in [2.24, 2.45) is 10.9 Å². The monoisotopic (exact) mass is 157 g/mol. The van der Waals surface area contributed by atoms with Crippen molar-refractivity contribution in [2.45, 2.75) is 33.1 Å². The molecule has 58 valence electrons.